The van der Waals surface area contributed by atoms with Crippen molar-refractivity contribution in [2.45, 2.75) is 52.2 Å². The van der Waals surface area contributed by atoms with Gasteiger partial charge in [-0.1, -0.05) is 17.7 Å². The summed E-state index contributed by atoms with van der Waals surface area (Å²) in [5.74, 6) is -0.557. The number of carbonyl (C=O) groups excluding carboxylic acids is 2. The molecule has 0 aliphatic carbocycles. The SMILES string of the molecule is Cc1ccc(OC(C)(C)C(=O)OCCCOC(=O)C(C)(C)Oc2ccc(F)cc2)cc1. The number of ether oxygens (including phenoxy) is 4. The molecule has 0 N–H and O–H groups in total. The minimum Gasteiger partial charge on any atom is -0.476 e. The largest absolute Gasteiger partial charge is 0.476 e. The number of hydrogen-bond acceptors (Lipinski definition) is 6. The Morgan fingerprint density at radius 2 is 1.13 bits per heavy atom. The fraction of sp³-hybridized carbons (Fsp3) is 0.417. The third-order valence-electron chi connectivity index (χ3n) is 4.32. The highest BCUT2D eigenvalue weighted by molar-refractivity contribution is 5.79. The van der Waals surface area contributed by atoms with Gasteiger partial charge in [0.2, 0.25) is 0 Å². The predicted molar refractivity (Wildman–Crippen MR) is 114 cm³/mol. The summed E-state index contributed by atoms with van der Waals surface area (Å²) in [5, 5.41) is 0. The van der Waals surface area contributed by atoms with E-state index in [4.69, 9.17) is 18.9 Å². The summed E-state index contributed by atoms with van der Waals surface area (Å²) in [4.78, 5) is 24.6. The number of carbonyl (C=O) groups is 2. The Morgan fingerprint density at radius 1 is 0.742 bits per heavy atom. The number of aryl methyl sites for hydroxylation is 1. The van der Waals surface area contributed by atoms with Crippen molar-refractivity contribution in [3.8, 4) is 11.5 Å². The molecule has 0 aliphatic heterocycles. The van der Waals surface area contributed by atoms with Crippen molar-refractivity contribution in [1.82, 2.24) is 0 Å². The Morgan fingerprint density at radius 3 is 1.55 bits per heavy atom. The first-order valence-corrected chi connectivity index (χ1v) is 10.0. The van der Waals surface area contributed by atoms with Crippen LogP contribution in [0.4, 0.5) is 4.39 Å². The number of rotatable bonds is 10. The maximum atomic E-state index is 13.0. The summed E-state index contributed by atoms with van der Waals surface area (Å²) in [5.41, 5.74) is -1.32. The first-order valence-electron chi connectivity index (χ1n) is 10.0. The zero-order valence-electron chi connectivity index (χ0n) is 18.6. The van der Waals surface area contributed by atoms with Gasteiger partial charge >= 0.3 is 11.9 Å². The van der Waals surface area contributed by atoms with E-state index < -0.39 is 29.0 Å². The van der Waals surface area contributed by atoms with Crippen LogP contribution in [0.2, 0.25) is 0 Å². The molecule has 7 heteroatoms. The highest BCUT2D eigenvalue weighted by atomic mass is 19.1. The maximum absolute atomic E-state index is 13.0. The fourth-order valence-corrected chi connectivity index (χ4v) is 2.52. The number of esters is 2. The molecular weight excluding hydrogens is 403 g/mol. The van der Waals surface area contributed by atoms with Crippen LogP contribution in [0.25, 0.3) is 0 Å². The van der Waals surface area contributed by atoms with Gasteiger partial charge in [0.05, 0.1) is 13.2 Å². The fourth-order valence-electron chi connectivity index (χ4n) is 2.52. The van der Waals surface area contributed by atoms with Gasteiger partial charge in [-0.25, -0.2) is 14.0 Å². The molecule has 0 unspecified atom stereocenters. The van der Waals surface area contributed by atoms with E-state index in [1.165, 1.54) is 24.3 Å². The summed E-state index contributed by atoms with van der Waals surface area (Å²) in [6, 6.07) is 12.7. The van der Waals surface area contributed by atoms with Crippen LogP contribution in [-0.4, -0.2) is 36.4 Å². The molecule has 0 atom stereocenters. The molecule has 0 amide bonds. The Labute approximate surface area is 182 Å². The molecule has 0 spiro atoms. The van der Waals surface area contributed by atoms with Gasteiger partial charge < -0.3 is 18.9 Å². The molecule has 2 rings (SSSR count). The van der Waals surface area contributed by atoms with E-state index in [9.17, 15) is 14.0 Å². The van der Waals surface area contributed by atoms with Crippen LogP contribution in [0.15, 0.2) is 48.5 Å². The molecule has 0 aromatic heterocycles. The van der Waals surface area contributed by atoms with E-state index in [-0.39, 0.29) is 13.2 Å². The third-order valence-corrected chi connectivity index (χ3v) is 4.32. The third kappa shape index (κ3) is 7.59. The monoisotopic (exact) mass is 432 g/mol. The summed E-state index contributed by atoms with van der Waals surface area (Å²) in [7, 11) is 0. The second kappa shape index (κ2) is 10.3. The highest BCUT2D eigenvalue weighted by Crippen LogP contribution is 2.21. The van der Waals surface area contributed by atoms with Crippen molar-refractivity contribution in [2.24, 2.45) is 0 Å². The normalized spacial score (nSPS) is 11.5. The van der Waals surface area contributed by atoms with Crippen LogP contribution in [0.1, 0.15) is 39.7 Å². The molecular formula is C24H29FO6. The van der Waals surface area contributed by atoms with E-state index in [0.717, 1.165) is 5.56 Å². The minimum atomic E-state index is -1.25. The second-order valence-electron chi connectivity index (χ2n) is 8.12. The second-order valence-corrected chi connectivity index (χ2v) is 8.12. The van der Waals surface area contributed by atoms with Crippen molar-refractivity contribution < 1.29 is 32.9 Å². The summed E-state index contributed by atoms with van der Waals surface area (Å²) < 4.78 is 34.8. The smallest absolute Gasteiger partial charge is 0.349 e. The van der Waals surface area contributed by atoms with Gasteiger partial charge in [-0.3, -0.25) is 0 Å². The van der Waals surface area contributed by atoms with Gasteiger partial charge in [0.25, 0.3) is 0 Å². The summed E-state index contributed by atoms with van der Waals surface area (Å²) in [6.07, 6.45) is 0.324. The molecule has 168 valence electrons. The topological polar surface area (TPSA) is 71.1 Å². The van der Waals surface area contributed by atoms with Crippen LogP contribution < -0.4 is 9.47 Å². The van der Waals surface area contributed by atoms with Crippen molar-refractivity contribution >= 4 is 11.9 Å². The standard InChI is InChI=1S/C24H29FO6/c1-17-7-11-19(12-8-17)30-23(2,3)21(26)28-15-6-16-29-22(27)24(4,5)31-20-13-9-18(25)10-14-20/h7-14H,6,15-16H2,1-5H3. The Bertz CT molecular complexity index is 798. The van der Waals surface area contributed by atoms with Gasteiger partial charge in [0.15, 0.2) is 11.2 Å². The molecule has 0 radical (unpaired) electrons. The summed E-state index contributed by atoms with van der Waals surface area (Å²) >= 11 is 0. The molecule has 0 fully saturated rings. The van der Waals surface area contributed by atoms with E-state index in [1.807, 2.05) is 19.1 Å². The lowest BCUT2D eigenvalue weighted by molar-refractivity contribution is -0.162. The lowest BCUT2D eigenvalue weighted by Gasteiger charge is -2.25. The first kappa shape index (κ1) is 24.2. The van der Waals surface area contributed by atoms with Crippen LogP contribution in [0.5, 0.6) is 11.5 Å². The highest BCUT2D eigenvalue weighted by Gasteiger charge is 2.33. The molecule has 0 bridgehead atoms. The van der Waals surface area contributed by atoms with Crippen molar-refractivity contribution in [2.75, 3.05) is 13.2 Å². The average Bonchev–Trinajstić information content (AvgIpc) is 2.70. The lowest BCUT2D eigenvalue weighted by atomic mass is 10.1. The number of halogens is 1. The van der Waals surface area contributed by atoms with Gasteiger partial charge in [0.1, 0.15) is 17.3 Å². The van der Waals surface area contributed by atoms with Gasteiger partial charge in [-0.15, -0.1) is 0 Å². The van der Waals surface area contributed by atoms with Crippen molar-refractivity contribution in [3.63, 3.8) is 0 Å². The average molecular weight is 432 g/mol. The van der Waals surface area contributed by atoms with E-state index in [2.05, 4.69) is 0 Å². The Hall–Kier alpha value is -3.09. The van der Waals surface area contributed by atoms with E-state index >= 15 is 0 Å². The number of benzene rings is 2. The van der Waals surface area contributed by atoms with Crippen LogP contribution in [0, 0.1) is 12.7 Å². The van der Waals surface area contributed by atoms with Crippen molar-refractivity contribution in [1.29, 1.82) is 0 Å². The molecule has 2 aromatic carbocycles. The van der Waals surface area contributed by atoms with Crippen LogP contribution in [0.3, 0.4) is 0 Å². The molecule has 0 heterocycles. The zero-order valence-corrected chi connectivity index (χ0v) is 18.6. The van der Waals surface area contributed by atoms with E-state index in [1.54, 1.807) is 39.8 Å². The molecule has 0 saturated heterocycles. The molecule has 0 saturated carbocycles. The Balaban J connectivity index is 1.72. The minimum absolute atomic E-state index is 0.0571. The lowest BCUT2D eigenvalue weighted by Crippen LogP contribution is -2.40. The van der Waals surface area contributed by atoms with Crippen LogP contribution in [-0.2, 0) is 19.1 Å². The quantitative estimate of drug-likeness (QED) is 0.403. The first-order chi connectivity index (χ1) is 14.5. The predicted octanol–water partition coefficient (Wildman–Crippen LogP) is 4.63. The van der Waals surface area contributed by atoms with Gasteiger partial charge in [0, 0.05) is 6.42 Å². The molecule has 6 nitrogen and oxygen atoms in total. The number of hydrogen-bond donors (Lipinski definition) is 0. The molecule has 31 heavy (non-hydrogen) atoms. The molecule has 0 aliphatic rings. The Kier molecular flexibility index (Phi) is 8.02. The van der Waals surface area contributed by atoms with Gasteiger partial charge in [-0.2, -0.15) is 0 Å². The summed E-state index contributed by atoms with van der Waals surface area (Å²) in [6.45, 7) is 8.47. The molecule has 2 aromatic rings. The van der Waals surface area contributed by atoms with Crippen LogP contribution >= 0.6 is 0 Å². The van der Waals surface area contributed by atoms with Crippen molar-refractivity contribution in [3.05, 3.63) is 59.9 Å². The van der Waals surface area contributed by atoms with Gasteiger partial charge in [-0.05, 0) is 71.0 Å². The zero-order chi connectivity index (χ0) is 23.1. The maximum Gasteiger partial charge on any atom is 0.349 e. The van der Waals surface area contributed by atoms with E-state index in [0.29, 0.717) is 17.9 Å².